The van der Waals surface area contributed by atoms with E-state index in [0.717, 1.165) is 51.7 Å². The van der Waals surface area contributed by atoms with Gasteiger partial charge < -0.3 is 14.9 Å². The predicted octanol–water partition coefficient (Wildman–Crippen LogP) is 2.47. The lowest BCUT2D eigenvalue weighted by molar-refractivity contribution is -0.127. The van der Waals surface area contributed by atoms with Crippen molar-refractivity contribution in [2.45, 2.75) is 45.1 Å². The average molecular weight is 394 g/mol. The fraction of sp³-hybridized carbons (Fsp3) is 0.619. The maximum Gasteiger partial charge on any atom is 0.219 e. The number of halogens is 1. The highest BCUT2D eigenvalue weighted by Gasteiger charge is 2.27. The summed E-state index contributed by atoms with van der Waals surface area (Å²) >= 11 is 0. The molecule has 1 N–H and O–H groups in total. The van der Waals surface area contributed by atoms with E-state index in [-0.39, 0.29) is 17.5 Å². The second-order valence-corrected chi connectivity index (χ2v) is 7.45. The molecule has 0 radical (unpaired) electrons. The Bertz CT molecular complexity index is 572. The molecule has 3 aliphatic rings. The standard InChI is InChI=1S/C9H16N2O.C6H5FO.C6H11NO/c12-8-10-4-6-11(7-5-10)9-2-1-3-9;7-5-1-3-6(8)4-2-5;1-6(8)7-4-2-3-5-7/h8-9H,1-7H2;1-4,8H;2-5H2,1H3. The molecule has 28 heavy (non-hydrogen) atoms. The van der Waals surface area contributed by atoms with Crippen LogP contribution in [0.2, 0.25) is 0 Å². The van der Waals surface area contributed by atoms with Crippen molar-refractivity contribution in [2.75, 3.05) is 39.3 Å². The first-order chi connectivity index (χ1) is 13.5. The number of benzene rings is 1. The number of piperazine rings is 1. The molecule has 4 rings (SSSR count). The molecule has 0 atom stereocenters. The fourth-order valence-corrected chi connectivity index (χ4v) is 3.43. The zero-order chi connectivity index (χ0) is 20.4. The number of carbonyl (C=O) groups is 2. The van der Waals surface area contributed by atoms with Gasteiger partial charge in [0.2, 0.25) is 12.3 Å². The first kappa shape index (κ1) is 22.1. The molecule has 2 aliphatic heterocycles. The minimum Gasteiger partial charge on any atom is -0.508 e. The number of nitrogens with zero attached hydrogens (tertiary/aromatic N) is 3. The Morgan fingerprint density at radius 3 is 1.93 bits per heavy atom. The SMILES string of the molecule is CC(=O)N1CCCC1.O=CN1CCN(C2CCC2)CC1.Oc1ccc(F)cc1. The maximum atomic E-state index is 12.0. The van der Waals surface area contributed by atoms with Crippen molar-refractivity contribution in [3.8, 4) is 5.75 Å². The molecule has 2 saturated heterocycles. The van der Waals surface area contributed by atoms with Crippen LogP contribution in [0.15, 0.2) is 24.3 Å². The molecule has 6 nitrogen and oxygen atoms in total. The Balaban J connectivity index is 0.000000156. The van der Waals surface area contributed by atoms with Crippen molar-refractivity contribution in [2.24, 2.45) is 0 Å². The van der Waals surface area contributed by atoms with Crippen LogP contribution in [0, 0.1) is 5.82 Å². The van der Waals surface area contributed by atoms with E-state index in [9.17, 15) is 14.0 Å². The summed E-state index contributed by atoms with van der Waals surface area (Å²) in [6.45, 7) is 7.63. The quantitative estimate of drug-likeness (QED) is 0.784. The van der Waals surface area contributed by atoms with Gasteiger partial charge in [0.25, 0.3) is 0 Å². The van der Waals surface area contributed by atoms with Crippen molar-refractivity contribution in [3.63, 3.8) is 0 Å². The molecular weight excluding hydrogens is 361 g/mol. The monoisotopic (exact) mass is 393 g/mol. The number of likely N-dealkylation sites (tertiary alicyclic amines) is 1. The Labute approximate surface area is 166 Å². The second kappa shape index (κ2) is 11.6. The average Bonchev–Trinajstić information content (AvgIpc) is 3.20. The number of phenols is 1. The second-order valence-electron chi connectivity index (χ2n) is 7.45. The Kier molecular flexibility index (Phi) is 9.20. The van der Waals surface area contributed by atoms with Crippen LogP contribution in [0.3, 0.4) is 0 Å². The van der Waals surface area contributed by atoms with E-state index in [1.807, 2.05) is 9.80 Å². The highest BCUT2D eigenvalue weighted by atomic mass is 19.1. The molecule has 0 bridgehead atoms. The molecule has 2 heterocycles. The largest absolute Gasteiger partial charge is 0.508 e. The number of hydrogen-bond acceptors (Lipinski definition) is 4. The molecule has 0 aromatic heterocycles. The van der Waals surface area contributed by atoms with Gasteiger partial charge in [0.15, 0.2) is 0 Å². The van der Waals surface area contributed by atoms with Gasteiger partial charge >= 0.3 is 0 Å². The highest BCUT2D eigenvalue weighted by Crippen LogP contribution is 2.25. The predicted molar refractivity (Wildman–Crippen MR) is 106 cm³/mol. The van der Waals surface area contributed by atoms with E-state index < -0.39 is 0 Å². The summed E-state index contributed by atoms with van der Waals surface area (Å²) in [5.74, 6) is -0.0169. The Morgan fingerprint density at radius 1 is 1.00 bits per heavy atom. The normalized spacial score (nSPS) is 19.6. The van der Waals surface area contributed by atoms with Gasteiger partial charge in [-0.05, 0) is 49.9 Å². The van der Waals surface area contributed by atoms with Crippen LogP contribution >= 0.6 is 0 Å². The zero-order valence-corrected chi connectivity index (χ0v) is 16.7. The van der Waals surface area contributed by atoms with E-state index in [1.165, 1.54) is 56.4 Å². The van der Waals surface area contributed by atoms with E-state index in [2.05, 4.69) is 4.90 Å². The van der Waals surface area contributed by atoms with Crippen LogP contribution in [0.1, 0.15) is 39.0 Å². The number of phenolic OH excluding ortho intramolecular Hbond substituents is 1. The lowest BCUT2D eigenvalue weighted by Gasteiger charge is -2.42. The molecule has 0 spiro atoms. The summed E-state index contributed by atoms with van der Waals surface area (Å²) in [6.07, 6.45) is 7.51. The first-order valence-electron chi connectivity index (χ1n) is 10.1. The number of hydrogen-bond donors (Lipinski definition) is 1. The minimum absolute atomic E-state index is 0.0893. The van der Waals surface area contributed by atoms with Crippen LogP contribution in [0.4, 0.5) is 4.39 Å². The summed E-state index contributed by atoms with van der Waals surface area (Å²) in [6, 6.07) is 5.86. The molecule has 156 valence electrons. The van der Waals surface area contributed by atoms with E-state index >= 15 is 0 Å². The Morgan fingerprint density at radius 2 is 1.57 bits per heavy atom. The molecule has 1 aromatic carbocycles. The van der Waals surface area contributed by atoms with E-state index in [0.29, 0.717) is 0 Å². The highest BCUT2D eigenvalue weighted by molar-refractivity contribution is 5.73. The molecule has 7 heteroatoms. The van der Waals surface area contributed by atoms with Crippen LogP contribution in [0.25, 0.3) is 0 Å². The van der Waals surface area contributed by atoms with Crippen molar-refractivity contribution in [1.82, 2.24) is 14.7 Å². The molecule has 1 aliphatic carbocycles. The van der Waals surface area contributed by atoms with Gasteiger partial charge in [0, 0.05) is 52.2 Å². The third-order valence-electron chi connectivity index (χ3n) is 5.47. The van der Waals surface area contributed by atoms with Gasteiger partial charge in [0.05, 0.1) is 0 Å². The molecule has 1 saturated carbocycles. The van der Waals surface area contributed by atoms with Crippen LogP contribution in [0.5, 0.6) is 5.75 Å². The topological polar surface area (TPSA) is 64.1 Å². The van der Waals surface area contributed by atoms with Crippen molar-refractivity contribution < 1.29 is 19.1 Å². The number of amides is 2. The third kappa shape index (κ3) is 7.46. The van der Waals surface area contributed by atoms with E-state index in [1.54, 1.807) is 6.92 Å². The van der Waals surface area contributed by atoms with Crippen LogP contribution in [-0.2, 0) is 9.59 Å². The van der Waals surface area contributed by atoms with Gasteiger partial charge in [0.1, 0.15) is 11.6 Å². The minimum atomic E-state index is -0.331. The van der Waals surface area contributed by atoms with Crippen molar-refractivity contribution in [1.29, 1.82) is 0 Å². The summed E-state index contributed by atoms with van der Waals surface area (Å²) in [7, 11) is 0. The smallest absolute Gasteiger partial charge is 0.219 e. The zero-order valence-electron chi connectivity index (χ0n) is 16.7. The van der Waals surface area contributed by atoms with Crippen LogP contribution < -0.4 is 0 Å². The van der Waals surface area contributed by atoms with Gasteiger partial charge in [-0.15, -0.1) is 0 Å². The molecule has 0 unspecified atom stereocenters. The number of rotatable bonds is 2. The first-order valence-corrected chi connectivity index (χ1v) is 10.1. The summed E-state index contributed by atoms with van der Waals surface area (Å²) in [4.78, 5) is 27.3. The fourth-order valence-electron chi connectivity index (χ4n) is 3.43. The van der Waals surface area contributed by atoms with Gasteiger partial charge in [-0.1, -0.05) is 6.42 Å². The van der Waals surface area contributed by atoms with Crippen molar-refractivity contribution in [3.05, 3.63) is 30.1 Å². The van der Waals surface area contributed by atoms with Crippen molar-refractivity contribution >= 4 is 12.3 Å². The molecular formula is C21H32FN3O3. The lowest BCUT2D eigenvalue weighted by Crippen LogP contribution is -2.51. The molecule has 1 aromatic rings. The number of aromatic hydroxyl groups is 1. The van der Waals surface area contributed by atoms with Gasteiger partial charge in [-0.25, -0.2) is 4.39 Å². The Hall–Kier alpha value is -2.15. The summed E-state index contributed by atoms with van der Waals surface area (Å²) in [5.41, 5.74) is 0. The number of carbonyl (C=O) groups excluding carboxylic acids is 2. The third-order valence-corrected chi connectivity index (χ3v) is 5.47. The summed E-state index contributed by atoms with van der Waals surface area (Å²) in [5, 5.41) is 8.59. The lowest BCUT2D eigenvalue weighted by atomic mass is 9.91. The van der Waals surface area contributed by atoms with E-state index in [4.69, 9.17) is 5.11 Å². The summed E-state index contributed by atoms with van der Waals surface area (Å²) < 4.78 is 12.0. The molecule has 3 fully saturated rings. The van der Waals surface area contributed by atoms with Gasteiger partial charge in [-0.3, -0.25) is 14.5 Å². The van der Waals surface area contributed by atoms with Gasteiger partial charge in [-0.2, -0.15) is 0 Å². The van der Waals surface area contributed by atoms with Crippen LogP contribution in [-0.4, -0.2) is 77.4 Å². The maximum absolute atomic E-state index is 12.0. The molecule has 2 amide bonds.